The van der Waals surface area contributed by atoms with Crippen molar-refractivity contribution < 1.29 is 43.5 Å². The second-order valence-electron chi connectivity index (χ2n) is 11.3. The minimum absolute atomic E-state index is 0.0368. The number of H-pyrrole nitrogens is 1. The van der Waals surface area contributed by atoms with Gasteiger partial charge in [0.25, 0.3) is 0 Å². The summed E-state index contributed by atoms with van der Waals surface area (Å²) in [4.78, 5) is 24.4. The third-order valence-corrected chi connectivity index (χ3v) is 8.30. The van der Waals surface area contributed by atoms with Crippen LogP contribution in [0.4, 0.5) is 0 Å². The largest absolute Gasteiger partial charge is 0.497 e. The highest BCUT2D eigenvalue weighted by Crippen LogP contribution is 2.45. The number of hydrogen-bond donors (Lipinski definition) is 3. The number of hydrogen-bond acceptors (Lipinski definition) is 8. The van der Waals surface area contributed by atoms with Gasteiger partial charge in [0.2, 0.25) is 6.79 Å². The van der Waals surface area contributed by atoms with Crippen LogP contribution in [0.2, 0.25) is 0 Å². The number of carbonyl (C=O) groups is 2. The first-order chi connectivity index (χ1) is 22.3. The Bertz CT molecular complexity index is 1790. The molecule has 6 rings (SSSR count). The SMILES string of the molecule is COc1ccc(C(CC2CC2)c2[nH]ncc2/C=C(\Cc2cc3c(cc2OC)OCO3)C(=O)O)c(OCc2ccccc2C(=O)O)c1. The van der Waals surface area contributed by atoms with Gasteiger partial charge in [-0.2, -0.15) is 5.10 Å². The molecule has 3 aromatic carbocycles. The van der Waals surface area contributed by atoms with E-state index in [4.69, 9.17) is 23.7 Å². The quantitative estimate of drug-likeness (QED) is 0.141. The third kappa shape index (κ3) is 6.63. The molecule has 1 fully saturated rings. The van der Waals surface area contributed by atoms with E-state index in [-0.39, 0.29) is 36.9 Å². The molecule has 3 N–H and O–H groups in total. The van der Waals surface area contributed by atoms with Crippen molar-refractivity contribution in [3.8, 4) is 28.7 Å². The highest BCUT2D eigenvalue weighted by Gasteiger charge is 2.32. The maximum Gasteiger partial charge on any atom is 0.336 e. The number of carboxylic acid groups (broad SMARTS) is 2. The van der Waals surface area contributed by atoms with E-state index in [9.17, 15) is 19.8 Å². The summed E-state index contributed by atoms with van der Waals surface area (Å²) in [5, 5.41) is 27.4. The summed E-state index contributed by atoms with van der Waals surface area (Å²) in [5.74, 6) is 0.882. The van der Waals surface area contributed by atoms with Gasteiger partial charge in [-0.3, -0.25) is 5.10 Å². The van der Waals surface area contributed by atoms with E-state index in [2.05, 4.69) is 10.2 Å². The average Bonchev–Trinajstić information content (AvgIpc) is 3.57. The molecule has 2 heterocycles. The first kappa shape index (κ1) is 30.6. The van der Waals surface area contributed by atoms with Crippen LogP contribution in [0.15, 0.2) is 66.4 Å². The average molecular weight is 627 g/mol. The van der Waals surface area contributed by atoms with Crippen LogP contribution in [0.25, 0.3) is 6.08 Å². The molecule has 0 spiro atoms. The number of rotatable bonds is 14. The Morgan fingerprint density at radius 3 is 2.50 bits per heavy atom. The Labute approximate surface area is 265 Å². The van der Waals surface area contributed by atoms with Gasteiger partial charge < -0.3 is 33.9 Å². The lowest BCUT2D eigenvalue weighted by molar-refractivity contribution is -0.132. The Morgan fingerprint density at radius 1 is 1.00 bits per heavy atom. The van der Waals surface area contributed by atoms with Crippen molar-refractivity contribution in [2.75, 3.05) is 21.0 Å². The van der Waals surface area contributed by atoms with E-state index < -0.39 is 11.9 Å². The zero-order valence-electron chi connectivity index (χ0n) is 25.4. The summed E-state index contributed by atoms with van der Waals surface area (Å²) in [6, 6.07) is 15.8. The topological polar surface area (TPSA) is 149 Å². The van der Waals surface area contributed by atoms with Crippen molar-refractivity contribution in [2.45, 2.75) is 38.2 Å². The number of ether oxygens (including phenoxy) is 5. The first-order valence-corrected chi connectivity index (χ1v) is 14.9. The summed E-state index contributed by atoms with van der Waals surface area (Å²) >= 11 is 0. The summed E-state index contributed by atoms with van der Waals surface area (Å²) in [5.41, 5.74) is 3.74. The van der Waals surface area contributed by atoms with Crippen molar-refractivity contribution in [1.29, 1.82) is 0 Å². The van der Waals surface area contributed by atoms with Crippen molar-refractivity contribution >= 4 is 18.0 Å². The van der Waals surface area contributed by atoms with Gasteiger partial charge in [0, 0.05) is 52.3 Å². The molecule has 4 aromatic rings. The number of aliphatic carboxylic acids is 1. The predicted molar refractivity (Wildman–Crippen MR) is 167 cm³/mol. The van der Waals surface area contributed by atoms with Crippen LogP contribution in [-0.2, 0) is 17.8 Å². The number of carboxylic acids is 2. The van der Waals surface area contributed by atoms with E-state index in [0.29, 0.717) is 51.4 Å². The number of aromatic amines is 1. The lowest BCUT2D eigenvalue weighted by Gasteiger charge is -2.22. The monoisotopic (exact) mass is 626 g/mol. The number of nitrogens with one attached hydrogen (secondary N) is 1. The first-order valence-electron chi connectivity index (χ1n) is 14.9. The van der Waals surface area contributed by atoms with E-state index in [1.54, 1.807) is 61.8 Å². The highest BCUT2D eigenvalue weighted by molar-refractivity contribution is 5.93. The number of fused-ring (bicyclic) bond motifs is 1. The fourth-order valence-corrected chi connectivity index (χ4v) is 5.73. The van der Waals surface area contributed by atoms with Crippen LogP contribution in [-0.4, -0.2) is 53.4 Å². The number of benzene rings is 3. The van der Waals surface area contributed by atoms with Crippen molar-refractivity contribution in [2.24, 2.45) is 5.92 Å². The lowest BCUT2D eigenvalue weighted by Crippen LogP contribution is -2.10. The van der Waals surface area contributed by atoms with Gasteiger partial charge in [0.1, 0.15) is 23.9 Å². The molecule has 1 saturated carbocycles. The number of methoxy groups -OCH3 is 2. The summed E-state index contributed by atoms with van der Waals surface area (Å²) < 4.78 is 28.3. The maximum atomic E-state index is 12.6. The fraction of sp³-hybridized carbons (Fsp3) is 0.286. The molecule has 1 aromatic heterocycles. The van der Waals surface area contributed by atoms with E-state index in [1.165, 1.54) is 7.11 Å². The second kappa shape index (κ2) is 13.3. The van der Waals surface area contributed by atoms with Crippen LogP contribution in [0, 0.1) is 5.92 Å². The second-order valence-corrected chi connectivity index (χ2v) is 11.3. The smallest absolute Gasteiger partial charge is 0.336 e. The minimum atomic E-state index is -1.07. The molecule has 1 unspecified atom stereocenters. The molecule has 1 atom stereocenters. The van der Waals surface area contributed by atoms with Crippen LogP contribution in [0.5, 0.6) is 28.7 Å². The molecule has 0 radical (unpaired) electrons. The van der Waals surface area contributed by atoms with Crippen LogP contribution in [0.1, 0.15) is 63.5 Å². The summed E-state index contributed by atoms with van der Waals surface area (Å²) in [6.07, 6.45) is 6.32. The van der Waals surface area contributed by atoms with E-state index >= 15 is 0 Å². The number of aromatic carboxylic acids is 1. The van der Waals surface area contributed by atoms with Gasteiger partial charge in [-0.15, -0.1) is 0 Å². The Kier molecular flexibility index (Phi) is 8.82. The minimum Gasteiger partial charge on any atom is -0.497 e. The third-order valence-electron chi connectivity index (χ3n) is 8.30. The fourth-order valence-electron chi connectivity index (χ4n) is 5.73. The molecule has 0 saturated heterocycles. The van der Waals surface area contributed by atoms with Crippen LogP contribution >= 0.6 is 0 Å². The lowest BCUT2D eigenvalue weighted by atomic mass is 9.87. The van der Waals surface area contributed by atoms with Gasteiger partial charge in [-0.1, -0.05) is 37.1 Å². The molecule has 2 aliphatic rings. The summed E-state index contributed by atoms with van der Waals surface area (Å²) in [6.45, 7) is 0.127. The standard InChI is InChI=1S/C35H34N2O9/c1-42-25-9-10-27(30(15-25)44-18-21-5-3-4-6-26(21)35(40)41)28(11-20-7-8-20)33-24(17-36-37-33)13-23(34(38)39)12-22-14-31-32(46-19-45-31)16-29(22)43-2/h3-6,9-10,13-17,20,28H,7-8,11-12,18-19H2,1-2H3,(H,36,37)(H,38,39)(H,40,41)/b23-13+. The molecule has 46 heavy (non-hydrogen) atoms. The van der Waals surface area contributed by atoms with Gasteiger partial charge in [0.05, 0.1) is 31.7 Å². The molecule has 11 nitrogen and oxygen atoms in total. The zero-order chi connectivity index (χ0) is 32.2. The van der Waals surface area contributed by atoms with E-state index in [1.807, 2.05) is 12.1 Å². The summed E-state index contributed by atoms with van der Waals surface area (Å²) in [7, 11) is 3.09. The van der Waals surface area contributed by atoms with Crippen LogP contribution < -0.4 is 23.7 Å². The zero-order valence-corrected chi connectivity index (χ0v) is 25.4. The highest BCUT2D eigenvalue weighted by atomic mass is 16.7. The van der Waals surface area contributed by atoms with Gasteiger partial charge >= 0.3 is 11.9 Å². The number of aromatic nitrogens is 2. The molecular formula is C35H34N2O9. The van der Waals surface area contributed by atoms with Gasteiger partial charge in [0.15, 0.2) is 11.5 Å². The Hall–Kier alpha value is -5.45. The van der Waals surface area contributed by atoms with Gasteiger partial charge in [-0.05, 0) is 36.6 Å². The maximum absolute atomic E-state index is 12.6. The molecule has 1 aliphatic heterocycles. The Morgan fingerprint density at radius 2 is 1.78 bits per heavy atom. The predicted octanol–water partition coefficient (Wildman–Crippen LogP) is 6.08. The molecule has 11 heteroatoms. The van der Waals surface area contributed by atoms with E-state index in [0.717, 1.165) is 30.5 Å². The van der Waals surface area contributed by atoms with Gasteiger partial charge in [-0.25, -0.2) is 9.59 Å². The Balaban J connectivity index is 1.36. The molecule has 0 amide bonds. The number of nitrogens with zero attached hydrogens (tertiary/aromatic N) is 1. The molecular weight excluding hydrogens is 592 g/mol. The van der Waals surface area contributed by atoms with Crippen molar-refractivity contribution in [3.63, 3.8) is 0 Å². The molecule has 238 valence electrons. The normalized spacial score (nSPS) is 14.5. The van der Waals surface area contributed by atoms with Crippen molar-refractivity contribution in [3.05, 3.63) is 99.9 Å². The molecule has 0 bridgehead atoms. The molecule has 1 aliphatic carbocycles. The van der Waals surface area contributed by atoms with Crippen LogP contribution in [0.3, 0.4) is 0 Å². The van der Waals surface area contributed by atoms with Crippen molar-refractivity contribution in [1.82, 2.24) is 10.2 Å².